The minimum absolute atomic E-state index is 0.0434. The van der Waals surface area contributed by atoms with Crippen LogP contribution in [0.15, 0.2) is 42.5 Å². The third-order valence-electron chi connectivity index (χ3n) is 3.45. The molecule has 1 amide bonds. The number of fused-ring (bicyclic) bond motifs is 1. The normalized spacial score (nSPS) is 12.2. The second-order valence-corrected chi connectivity index (χ2v) is 4.96. The van der Waals surface area contributed by atoms with Crippen molar-refractivity contribution in [1.82, 2.24) is 0 Å². The first kappa shape index (κ1) is 13.5. The van der Waals surface area contributed by atoms with Crippen molar-refractivity contribution in [2.24, 2.45) is 0 Å². The third kappa shape index (κ3) is 3.16. The molecule has 2 aromatic carbocycles. The fraction of sp³-hybridized carbons (Fsp3) is 0.235. The van der Waals surface area contributed by atoms with Gasteiger partial charge in [-0.15, -0.1) is 0 Å². The van der Waals surface area contributed by atoms with Gasteiger partial charge in [0, 0.05) is 5.69 Å². The van der Waals surface area contributed by atoms with E-state index in [1.165, 1.54) is 5.56 Å². The molecule has 21 heavy (non-hydrogen) atoms. The van der Waals surface area contributed by atoms with E-state index in [4.69, 9.17) is 9.47 Å². The summed E-state index contributed by atoms with van der Waals surface area (Å²) in [7, 11) is 0. The number of carbonyl (C=O) groups excluding carboxylic acids is 1. The average Bonchev–Trinajstić information content (AvgIpc) is 2.95. The van der Waals surface area contributed by atoms with Gasteiger partial charge in [-0.1, -0.05) is 25.1 Å². The third-order valence-corrected chi connectivity index (χ3v) is 3.45. The number of ether oxygens (including phenoxy) is 2. The first-order valence-electron chi connectivity index (χ1n) is 7.02. The van der Waals surface area contributed by atoms with Crippen molar-refractivity contribution in [1.29, 1.82) is 0 Å². The summed E-state index contributed by atoms with van der Waals surface area (Å²) in [5.74, 6) is 1.39. The molecule has 1 aliphatic rings. The monoisotopic (exact) mass is 283 g/mol. The minimum atomic E-state index is -0.0434. The lowest BCUT2D eigenvalue weighted by Crippen LogP contribution is -2.14. The molecule has 108 valence electrons. The lowest BCUT2D eigenvalue weighted by Gasteiger charge is -2.07. The van der Waals surface area contributed by atoms with Crippen LogP contribution in [-0.4, -0.2) is 12.7 Å². The molecule has 0 unspecified atom stereocenters. The minimum Gasteiger partial charge on any atom is -0.454 e. The highest BCUT2D eigenvalue weighted by Crippen LogP contribution is 2.32. The second kappa shape index (κ2) is 5.87. The molecule has 0 aromatic heterocycles. The molecule has 1 heterocycles. The van der Waals surface area contributed by atoms with Crippen molar-refractivity contribution in [2.45, 2.75) is 19.8 Å². The molecular weight excluding hydrogens is 266 g/mol. The summed E-state index contributed by atoms with van der Waals surface area (Å²) in [4.78, 5) is 12.1. The van der Waals surface area contributed by atoms with E-state index < -0.39 is 0 Å². The molecule has 0 spiro atoms. The number of hydrogen-bond acceptors (Lipinski definition) is 3. The van der Waals surface area contributed by atoms with Gasteiger partial charge in [0.25, 0.3) is 0 Å². The molecule has 1 N–H and O–H groups in total. The maximum absolute atomic E-state index is 12.1. The van der Waals surface area contributed by atoms with Crippen LogP contribution < -0.4 is 14.8 Å². The van der Waals surface area contributed by atoms with Crippen LogP contribution in [0.5, 0.6) is 11.5 Å². The number of benzene rings is 2. The fourth-order valence-corrected chi connectivity index (χ4v) is 2.27. The van der Waals surface area contributed by atoms with Gasteiger partial charge in [0.15, 0.2) is 11.5 Å². The number of carbonyl (C=O) groups is 1. The van der Waals surface area contributed by atoms with Crippen molar-refractivity contribution in [3.8, 4) is 11.5 Å². The van der Waals surface area contributed by atoms with E-state index >= 15 is 0 Å². The molecule has 0 atom stereocenters. The summed E-state index contributed by atoms with van der Waals surface area (Å²) in [6.45, 7) is 2.35. The molecular formula is C17H17NO3. The maximum Gasteiger partial charge on any atom is 0.231 e. The first-order chi connectivity index (χ1) is 10.2. The topological polar surface area (TPSA) is 47.6 Å². The standard InChI is InChI=1S/C17H17NO3/c1-2-12-3-6-14(7-4-12)18-17(19)10-13-5-8-15-16(9-13)21-11-20-15/h3-9H,2,10-11H2,1H3,(H,18,19). The molecule has 0 radical (unpaired) electrons. The maximum atomic E-state index is 12.1. The summed E-state index contributed by atoms with van der Waals surface area (Å²) >= 11 is 0. The fourth-order valence-electron chi connectivity index (χ4n) is 2.27. The van der Waals surface area contributed by atoms with Crippen LogP contribution in [0.3, 0.4) is 0 Å². The lowest BCUT2D eigenvalue weighted by molar-refractivity contribution is -0.115. The molecule has 0 saturated carbocycles. The molecule has 4 nitrogen and oxygen atoms in total. The molecule has 0 fully saturated rings. The summed E-state index contributed by atoms with van der Waals surface area (Å²) in [5.41, 5.74) is 2.98. The molecule has 4 heteroatoms. The summed E-state index contributed by atoms with van der Waals surface area (Å²) in [5, 5.41) is 2.90. The van der Waals surface area contributed by atoms with E-state index in [1.807, 2.05) is 42.5 Å². The van der Waals surface area contributed by atoms with Crippen LogP contribution in [0.25, 0.3) is 0 Å². The van der Waals surface area contributed by atoms with E-state index in [2.05, 4.69) is 12.2 Å². The summed E-state index contributed by atoms with van der Waals surface area (Å²) in [6, 6.07) is 13.5. The number of rotatable bonds is 4. The molecule has 0 bridgehead atoms. The van der Waals surface area contributed by atoms with E-state index in [0.29, 0.717) is 12.2 Å². The SMILES string of the molecule is CCc1ccc(NC(=O)Cc2ccc3c(c2)OCO3)cc1. The van der Waals surface area contributed by atoms with Crippen molar-refractivity contribution in [3.63, 3.8) is 0 Å². The highest BCUT2D eigenvalue weighted by Gasteiger charge is 2.14. The van der Waals surface area contributed by atoms with Gasteiger partial charge in [-0.25, -0.2) is 0 Å². The van der Waals surface area contributed by atoms with Crippen LogP contribution in [0.1, 0.15) is 18.1 Å². The quantitative estimate of drug-likeness (QED) is 0.937. The molecule has 1 aliphatic heterocycles. The van der Waals surface area contributed by atoms with Gasteiger partial charge in [-0.3, -0.25) is 4.79 Å². The van der Waals surface area contributed by atoms with Gasteiger partial charge in [0.1, 0.15) is 0 Å². The van der Waals surface area contributed by atoms with Crippen molar-refractivity contribution < 1.29 is 14.3 Å². The Labute approximate surface area is 123 Å². The van der Waals surface area contributed by atoms with Gasteiger partial charge < -0.3 is 14.8 Å². The number of nitrogens with one attached hydrogen (secondary N) is 1. The molecule has 0 aliphatic carbocycles. The van der Waals surface area contributed by atoms with Crippen LogP contribution in [0, 0.1) is 0 Å². The van der Waals surface area contributed by atoms with Crippen molar-refractivity contribution in [3.05, 3.63) is 53.6 Å². The van der Waals surface area contributed by atoms with Crippen LogP contribution in [0.2, 0.25) is 0 Å². The number of aryl methyl sites for hydroxylation is 1. The Hall–Kier alpha value is -2.49. The Morgan fingerprint density at radius 1 is 1.05 bits per heavy atom. The largest absolute Gasteiger partial charge is 0.454 e. The van der Waals surface area contributed by atoms with E-state index in [1.54, 1.807) is 0 Å². The Bertz CT molecular complexity index is 650. The summed E-state index contributed by atoms with van der Waals surface area (Å²) < 4.78 is 10.6. The smallest absolute Gasteiger partial charge is 0.231 e. The second-order valence-electron chi connectivity index (χ2n) is 4.96. The average molecular weight is 283 g/mol. The number of anilines is 1. The van der Waals surface area contributed by atoms with Crippen LogP contribution in [-0.2, 0) is 17.6 Å². The lowest BCUT2D eigenvalue weighted by atomic mass is 10.1. The van der Waals surface area contributed by atoms with E-state index in [9.17, 15) is 4.79 Å². The van der Waals surface area contributed by atoms with Gasteiger partial charge in [0.2, 0.25) is 12.7 Å². The van der Waals surface area contributed by atoms with E-state index in [0.717, 1.165) is 23.4 Å². The van der Waals surface area contributed by atoms with E-state index in [-0.39, 0.29) is 12.7 Å². The Kier molecular flexibility index (Phi) is 3.77. The van der Waals surface area contributed by atoms with Crippen molar-refractivity contribution in [2.75, 3.05) is 12.1 Å². The van der Waals surface area contributed by atoms with Gasteiger partial charge in [0.05, 0.1) is 6.42 Å². The van der Waals surface area contributed by atoms with Crippen molar-refractivity contribution >= 4 is 11.6 Å². The number of amides is 1. The van der Waals surface area contributed by atoms with Gasteiger partial charge in [-0.2, -0.15) is 0 Å². The van der Waals surface area contributed by atoms with Gasteiger partial charge >= 0.3 is 0 Å². The first-order valence-corrected chi connectivity index (χ1v) is 7.02. The Morgan fingerprint density at radius 3 is 2.52 bits per heavy atom. The summed E-state index contributed by atoms with van der Waals surface area (Å²) in [6.07, 6.45) is 1.30. The molecule has 2 aromatic rings. The molecule has 0 saturated heterocycles. The highest BCUT2D eigenvalue weighted by atomic mass is 16.7. The van der Waals surface area contributed by atoms with Crippen LogP contribution in [0.4, 0.5) is 5.69 Å². The Balaban J connectivity index is 1.63. The van der Waals surface area contributed by atoms with Crippen LogP contribution >= 0.6 is 0 Å². The Morgan fingerprint density at radius 2 is 1.76 bits per heavy atom. The predicted octanol–water partition coefficient (Wildman–Crippen LogP) is 3.16. The predicted molar refractivity (Wildman–Crippen MR) is 80.7 cm³/mol. The zero-order valence-corrected chi connectivity index (χ0v) is 11.9. The highest BCUT2D eigenvalue weighted by molar-refractivity contribution is 5.92. The molecule has 3 rings (SSSR count). The van der Waals surface area contributed by atoms with Gasteiger partial charge in [-0.05, 0) is 41.8 Å². The zero-order chi connectivity index (χ0) is 14.7. The zero-order valence-electron chi connectivity index (χ0n) is 11.9. The number of hydrogen-bond donors (Lipinski definition) is 1.